The SMILES string of the molecule is O=C(/C=C\c1ccco1)Nn1cnnc1. The molecule has 0 unspecified atom stereocenters. The minimum atomic E-state index is -0.286. The van der Waals surface area contributed by atoms with Gasteiger partial charge in [-0.15, -0.1) is 10.2 Å². The van der Waals surface area contributed by atoms with Crippen LogP contribution in [0.4, 0.5) is 0 Å². The Bertz CT molecular complexity index is 444. The summed E-state index contributed by atoms with van der Waals surface area (Å²) in [6, 6.07) is 3.50. The van der Waals surface area contributed by atoms with Gasteiger partial charge in [-0.05, 0) is 18.2 Å². The van der Waals surface area contributed by atoms with Crippen LogP contribution in [0.25, 0.3) is 6.08 Å². The zero-order chi connectivity index (χ0) is 10.5. The highest BCUT2D eigenvalue weighted by molar-refractivity contribution is 5.97. The van der Waals surface area contributed by atoms with Crippen molar-refractivity contribution in [2.75, 3.05) is 5.43 Å². The molecule has 1 N–H and O–H groups in total. The summed E-state index contributed by atoms with van der Waals surface area (Å²) in [6.45, 7) is 0. The van der Waals surface area contributed by atoms with Crippen molar-refractivity contribution in [3.05, 3.63) is 42.9 Å². The molecule has 0 aliphatic rings. The molecule has 0 aliphatic heterocycles. The lowest BCUT2D eigenvalue weighted by molar-refractivity contribution is -0.112. The van der Waals surface area contributed by atoms with E-state index in [4.69, 9.17) is 4.42 Å². The lowest BCUT2D eigenvalue weighted by atomic mass is 10.4. The van der Waals surface area contributed by atoms with Crippen molar-refractivity contribution in [2.45, 2.75) is 0 Å². The fourth-order valence-corrected chi connectivity index (χ4v) is 0.967. The maximum absolute atomic E-state index is 11.3. The molecule has 0 spiro atoms. The van der Waals surface area contributed by atoms with E-state index in [1.54, 1.807) is 18.2 Å². The van der Waals surface area contributed by atoms with Gasteiger partial charge in [0.25, 0.3) is 5.91 Å². The topological polar surface area (TPSA) is 73.0 Å². The largest absolute Gasteiger partial charge is 0.465 e. The average Bonchev–Trinajstić information content (AvgIpc) is 2.86. The number of furan rings is 1. The summed E-state index contributed by atoms with van der Waals surface area (Å²) in [7, 11) is 0. The van der Waals surface area contributed by atoms with E-state index in [9.17, 15) is 4.79 Å². The van der Waals surface area contributed by atoms with E-state index in [0.29, 0.717) is 5.76 Å². The summed E-state index contributed by atoms with van der Waals surface area (Å²) in [5.41, 5.74) is 2.51. The third-order valence-electron chi connectivity index (χ3n) is 1.60. The predicted octanol–water partition coefficient (Wildman–Crippen LogP) is 0.655. The zero-order valence-electron chi connectivity index (χ0n) is 7.70. The minimum Gasteiger partial charge on any atom is -0.465 e. The Morgan fingerprint density at radius 3 is 2.93 bits per heavy atom. The van der Waals surface area contributed by atoms with E-state index in [1.807, 2.05) is 0 Å². The summed E-state index contributed by atoms with van der Waals surface area (Å²) in [4.78, 5) is 11.3. The number of nitrogens with zero attached hydrogens (tertiary/aromatic N) is 3. The summed E-state index contributed by atoms with van der Waals surface area (Å²) in [6.07, 6.45) is 7.24. The molecular formula is C9H8N4O2. The van der Waals surface area contributed by atoms with Crippen LogP contribution in [0.15, 0.2) is 41.5 Å². The van der Waals surface area contributed by atoms with Gasteiger partial charge in [0.1, 0.15) is 18.4 Å². The van der Waals surface area contributed by atoms with Gasteiger partial charge < -0.3 is 4.42 Å². The molecule has 2 aromatic heterocycles. The van der Waals surface area contributed by atoms with Gasteiger partial charge in [0.05, 0.1) is 6.26 Å². The van der Waals surface area contributed by atoms with Crippen LogP contribution in [0, 0.1) is 0 Å². The standard InChI is InChI=1S/C9H8N4O2/c14-9(12-13-6-10-11-7-13)4-3-8-2-1-5-15-8/h1-7H,(H,12,14)/b4-3-. The van der Waals surface area contributed by atoms with Gasteiger partial charge in [0, 0.05) is 6.08 Å². The molecule has 76 valence electrons. The molecule has 0 aliphatic carbocycles. The Morgan fingerprint density at radius 1 is 1.47 bits per heavy atom. The number of hydrogen-bond donors (Lipinski definition) is 1. The number of carbonyl (C=O) groups is 1. The molecule has 6 heteroatoms. The van der Waals surface area contributed by atoms with Gasteiger partial charge in [0.2, 0.25) is 0 Å². The Kier molecular flexibility index (Phi) is 2.59. The van der Waals surface area contributed by atoms with Crippen molar-refractivity contribution in [1.82, 2.24) is 14.9 Å². The van der Waals surface area contributed by atoms with Gasteiger partial charge in [-0.3, -0.25) is 10.2 Å². The van der Waals surface area contributed by atoms with E-state index in [2.05, 4.69) is 15.6 Å². The molecule has 0 bridgehead atoms. The number of carbonyl (C=O) groups excluding carboxylic acids is 1. The second-order valence-electron chi connectivity index (χ2n) is 2.69. The molecule has 2 aromatic rings. The van der Waals surface area contributed by atoms with Gasteiger partial charge in [-0.2, -0.15) is 0 Å². The summed E-state index contributed by atoms with van der Waals surface area (Å²) in [5.74, 6) is 0.333. The maximum atomic E-state index is 11.3. The highest BCUT2D eigenvalue weighted by Crippen LogP contribution is 2.01. The van der Waals surface area contributed by atoms with E-state index >= 15 is 0 Å². The molecule has 1 amide bonds. The molecule has 0 atom stereocenters. The second kappa shape index (κ2) is 4.23. The Balaban J connectivity index is 1.93. The molecule has 0 fully saturated rings. The van der Waals surface area contributed by atoms with Crippen LogP contribution < -0.4 is 5.43 Å². The molecule has 0 saturated heterocycles. The molecule has 6 nitrogen and oxygen atoms in total. The van der Waals surface area contributed by atoms with Crippen molar-refractivity contribution >= 4 is 12.0 Å². The fraction of sp³-hybridized carbons (Fsp3) is 0. The Morgan fingerprint density at radius 2 is 2.27 bits per heavy atom. The average molecular weight is 204 g/mol. The maximum Gasteiger partial charge on any atom is 0.263 e. The van der Waals surface area contributed by atoms with Gasteiger partial charge in [-0.25, -0.2) is 4.68 Å². The van der Waals surface area contributed by atoms with E-state index in [0.717, 1.165) is 0 Å². The van der Waals surface area contributed by atoms with E-state index in [1.165, 1.54) is 29.7 Å². The minimum absolute atomic E-state index is 0.286. The van der Waals surface area contributed by atoms with Crippen molar-refractivity contribution in [2.24, 2.45) is 0 Å². The van der Waals surface area contributed by atoms with Crippen LogP contribution >= 0.6 is 0 Å². The highest BCUT2D eigenvalue weighted by Gasteiger charge is 1.96. The number of nitrogens with one attached hydrogen (secondary N) is 1. The van der Waals surface area contributed by atoms with Crippen molar-refractivity contribution in [3.63, 3.8) is 0 Å². The monoisotopic (exact) mass is 204 g/mol. The van der Waals surface area contributed by atoms with Crippen LogP contribution in [-0.4, -0.2) is 20.8 Å². The normalized spacial score (nSPS) is 10.7. The number of hydrogen-bond acceptors (Lipinski definition) is 4. The van der Waals surface area contributed by atoms with Crippen LogP contribution in [-0.2, 0) is 4.79 Å². The first kappa shape index (κ1) is 9.20. The van der Waals surface area contributed by atoms with Crippen LogP contribution in [0.2, 0.25) is 0 Å². The summed E-state index contributed by atoms with van der Waals surface area (Å²) in [5, 5.41) is 7.08. The lowest BCUT2D eigenvalue weighted by Gasteiger charge is -1.98. The fourth-order valence-electron chi connectivity index (χ4n) is 0.967. The molecule has 0 saturated carbocycles. The van der Waals surface area contributed by atoms with Gasteiger partial charge in [-0.1, -0.05) is 0 Å². The summed E-state index contributed by atoms with van der Waals surface area (Å²) >= 11 is 0. The van der Waals surface area contributed by atoms with Crippen molar-refractivity contribution in [1.29, 1.82) is 0 Å². The molecule has 0 radical (unpaired) electrons. The number of rotatable bonds is 3. The number of aromatic nitrogens is 3. The summed E-state index contributed by atoms with van der Waals surface area (Å²) < 4.78 is 6.38. The molecule has 2 heterocycles. The smallest absolute Gasteiger partial charge is 0.263 e. The highest BCUT2D eigenvalue weighted by atomic mass is 16.3. The van der Waals surface area contributed by atoms with Crippen LogP contribution in [0.5, 0.6) is 0 Å². The Labute approximate surface area is 85.2 Å². The van der Waals surface area contributed by atoms with Gasteiger partial charge >= 0.3 is 0 Å². The predicted molar refractivity (Wildman–Crippen MR) is 52.1 cm³/mol. The first-order chi connectivity index (χ1) is 7.34. The van der Waals surface area contributed by atoms with E-state index < -0.39 is 0 Å². The van der Waals surface area contributed by atoms with Gasteiger partial charge in [0.15, 0.2) is 0 Å². The second-order valence-corrected chi connectivity index (χ2v) is 2.69. The molecule has 15 heavy (non-hydrogen) atoms. The number of amides is 1. The lowest BCUT2D eigenvalue weighted by Crippen LogP contribution is -2.18. The molecular weight excluding hydrogens is 196 g/mol. The Hall–Kier alpha value is -2.37. The third kappa shape index (κ3) is 2.53. The van der Waals surface area contributed by atoms with Crippen molar-refractivity contribution < 1.29 is 9.21 Å². The molecule has 0 aromatic carbocycles. The van der Waals surface area contributed by atoms with Crippen molar-refractivity contribution in [3.8, 4) is 0 Å². The van der Waals surface area contributed by atoms with Crippen LogP contribution in [0.1, 0.15) is 5.76 Å². The third-order valence-corrected chi connectivity index (χ3v) is 1.60. The quantitative estimate of drug-likeness (QED) is 0.745. The zero-order valence-corrected chi connectivity index (χ0v) is 7.70. The molecule has 2 rings (SSSR count). The first-order valence-corrected chi connectivity index (χ1v) is 4.22. The first-order valence-electron chi connectivity index (χ1n) is 4.22. The van der Waals surface area contributed by atoms with Crippen LogP contribution in [0.3, 0.4) is 0 Å². The van der Waals surface area contributed by atoms with E-state index in [-0.39, 0.29) is 5.91 Å².